The first-order chi connectivity index (χ1) is 4.74. The normalized spacial score (nSPS) is 9.30. The van der Waals surface area contributed by atoms with Gasteiger partial charge in [0.2, 0.25) is 0 Å². The molecule has 0 aliphatic rings. The zero-order valence-electron chi connectivity index (χ0n) is 5.53. The maximum atomic E-state index is 10.2. The molecule has 3 heteroatoms. The van der Waals surface area contributed by atoms with E-state index < -0.39 is 0 Å². The van der Waals surface area contributed by atoms with E-state index in [1.54, 1.807) is 6.92 Å². The number of aromatic nitrogens is 1. The fourth-order valence-corrected chi connectivity index (χ4v) is 0.658. The van der Waals surface area contributed by atoms with Gasteiger partial charge in [0.15, 0.2) is 6.29 Å². The zero-order chi connectivity index (χ0) is 7.56. The summed E-state index contributed by atoms with van der Waals surface area (Å²) in [6.07, 6.45) is 1.98. The van der Waals surface area contributed by atoms with Gasteiger partial charge >= 0.3 is 0 Å². The Labute approximate surface area is 58.3 Å². The van der Waals surface area contributed by atoms with Crippen LogP contribution >= 0.6 is 0 Å². The number of aldehydes is 1. The van der Waals surface area contributed by atoms with Crippen molar-refractivity contribution in [3.8, 4) is 5.75 Å². The minimum Gasteiger partial charge on any atom is -0.506 e. The first kappa shape index (κ1) is 6.74. The SMILES string of the molecule is Cc1ncc(O)cc1C=O. The van der Waals surface area contributed by atoms with E-state index in [-0.39, 0.29) is 5.75 Å². The minimum absolute atomic E-state index is 0.0210. The predicted molar refractivity (Wildman–Crippen MR) is 36.0 cm³/mol. The standard InChI is InChI=1S/C7H7NO2/c1-5-6(4-9)2-7(10)3-8-5/h2-4,10H,1H3. The Morgan fingerprint density at radius 2 is 2.40 bits per heavy atom. The summed E-state index contributed by atoms with van der Waals surface area (Å²) in [4.78, 5) is 14.0. The van der Waals surface area contributed by atoms with E-state index in [2.05, 4.69) is 4.98 Å². The fraction of sp³-hybridized carbons (Fsp3) is 0.143. The molecule has 0 atom stereocenters. The van der Waals surface area contributed by atoms with Gasteiger partial charge in [0.05, 0.1) is 6.20 Å². The molecule has 1 aromatic heterocycles. The fourth-order valence-electron chi connectivity index (χ4n) is 0.658. The topological polar surface area (TPSA) is 50.2 Å². The Morgan fingerprint density at radius 3 is 2.90 bits per heavy atom. The van der Waals surface area contributed by atoms with E-state index >= 15 is 0 Å². The molecule has 0 fully saturated rings. The van der Waals surface area contributed by atoms with Gasteiger partial charge in [-0.2, -0.15) is 0 Å². The molecule has 10 heavy (non-hydrogen) atoms. The summed E-state index contributed by atoms with van der Waals surface area (Å²) in [5.41, 5.74) is 1.06. The van der Waals surface area contributed by atoms with Crippen LogP contribution in [0.15, 0.2) is 12.3 Å². The highest BCUT2D eigenvalue weighted by atomic mass is 16.3. The second-order valence-corrected chi connectivity index (χ2v) is 1.99. The Bertz CT molecular complexity index is 258. The van der Waals surface area contributed by atoms with Crippen LogP contribution in [0.2, 0.25) is 0 Å². The maximum Gasteiger partial charge on any atom is 0.152 e. The largest absolute Gasteiger partial charge is 0.506 e. The highest BCUT2D eigenvalue weighted by molar-refractivity contribution is 5.76. The van der Waals surface area contributed by atoms with Crippen LogP contribution in [0.1, 0.15) is 16.1 Å². The number of nitrogens with zero attached hydrogens (tertiary/aromatic N) is 1. The van der Waals surface area contributed by atoms with Gasteiger partial charge in [0.25, 0.3) is 0 Å². The molecule has 3 nitrogen and oxygen atoms in total. The van der Waals surface area contributed by atoms with Gasteiger partial charge in [0.1, 0.15) is 5.75 Å². The molecule has 0 aliphatic carbocycles. The molecular formula is C7H7NO2. The summed E-state index contributed by atoms with van der Waals surface area (Å²) in [7, 11) is 0. The van der Waals surface area contributed by atoms with Crippen molar-refractivity contribution in [1.29, 1.82) is 0 Å². The molecule has 0 saturated heterocycles. The van der Waals surface area contributed by atoms with Gasteiger partial charge in [-0.3, -0.25) is 9.78 Å². The Balaban J connectivity index is 3.21. The molecule has 0 unspecified atom stereocenters. The van der Waals surface area contributed by atoms with Crippen LogP contribution in [0.3, 0.4) is 0 Å². The van der Waals surface area contributed by atoms with Gasteiger partial charge in [-0.15, -0.1) is 0 Å². The summed E-state index contributed by atoms with van der Waals surface area (Å²) >= 11 is 0. The van der Waals surface area contributed by atoms with E-state index in [4.69, 9.17) is 5.11 Å². The van der Waals surface area contributed by atoms with Crippen LogP contribution in [-0.2, 0) is 0 Å². The smallest absolute Gasteiger partial charge is 0.152 e. The average Bonchev–Trinajstić information content (AvgIpc) is 1.94. The van der Waals surface area contributed by atoms with Gasteiger partial charge in [-0.25, -0.2) is 0 Å². The number of rotatable bonds is 1. The second-order valence-electron chi connectivity index (χ2n) is 1.99. The van der Waals surface area contributed by atoms with Crippen LogP contribution in [0.5, 0.6) is 5.75 Å². The third-order valence-electron chi connectivity index (χ3n) is 1.24. The number of hydrogen-bond donors (Lipinski definition) is 1. The highest BCUT2D eigenvalue weighted by Gasteiger charge is 1.97. The van der Waals surface area contributed by atoms with Gasteiger partial charge in [-0.1, -0.05) is 0 Å². The Kier molecular flexibility index (Phi) is 1.67. The number of aromatic hydroxyl groups is 1. The molecule has 0 spiro atoms. The molecular weight excluding hydrogens is 130 g/mol. The molecule has 0 radical (unpaired) electrons. The van der Waals surface area contributed by atoms with E-state index in [9.17, 15) is 4.79 Å². The van der Waals surface area contributed by atoms with Crippen LogP contribution in [0.4, 0.5) is 0 Å². The molecule has 1 N–H and O–H groups in total. The third-order valence-corrected chi connectivity index (χ3v) is 1.24. The number of aryl methyl sites for hydroxylation is 1. The lowest BCUT2D eigenvalue weighted by Gasteiger charge is -1.95. The van der Waals surface area contributed by atoms with Crippen LogP contribution < -0.4 is 0 Å². The van der Waals surface area contributed by atoms with Crippen molar-refractivity contribution >= 4 is 6.29 Å². The Hall–Kier alpha value is -1.38. The lowest BCUT2D eigenvalue weighted by molar-refractivity contribution is 0.112. The summed E-state index contributed by atoms with van der Waals surface area (Å²) < 4.78 is 0. The lowest BCUT2D eigenvalue weighted by atomic mass is 10.2. The summed E-state index contributed by atoms with van der Waals surface area (Å²) in [5.74, 6) is 0.0210. The van der Waals surface area contributed by atoms with Crippen molar-refractivity contribution in [2.45, 2.75) is 6.92 Å². The number of hydrogen-bond acceptors (Lipinski definition) is 3. The summed E-state index contributed by atoms with van der Waals surface area (Å²) in [6, 6.07) is 1.38. The van der Waals surface area contributed by atoms with Crippen molar-refractivity contribution in [2.75, 3.05) is 0 Å². The quantitative estimate of drug-likeness (QED) is 0.585. The molecule has 1 rings (SSSR count). The molecule has 52 valence electrons. The lowest BCUT2D eigenvalue weighted by Crippen LogP contribution is -1.88. The second kappa shape index (κ2) is 2.47. The van der Waals surface area contributed by atoms with Crippen molar-refractivity contribution < 1.29 is 9.90 Å². The van der Waals surface area contributed by atoms with Gasteiger partial charge in [-0.05, 0) is 13.0 Å². The summed E-state index contributed by atoms with van der Waals surface area (Å²) in [5, 5.41) is 8.85. The number of carbonyl (C=O) groups is 1. The summed E-state index contributed by atoms with van der Waals surface area (Å²) in [6.45, 7) is 1.71. The van der Waals surface area contributed by atoms with Gasteiger partial charge < -0.3 is 5.11 Å². The van der Waals surface area contributed by atoms with Crippen LogP contribution in [0.25, 0.3) is 0 Å². The molecule has 1 heterocycles. The molecule has 1 aromatic rings. The number of pyridine rings is 1. The van der Waals surface area contributed by atoms with Crippen molar-refractivity contribution in [3.63, 3.8) is 0 Å². The molecule has 0 bridgehead atoms. The van der Waals surface area contributed by atoms with Crippen molar-refractivity contribution in [2.24, 2.45) is 0 Å². The first-order valence-electron chi connectivity index (χ1n) is 2.85. The maximum absolute atomic E-state index is 10.2. The van der Waals surface area contributed by atoms with Crippen molar-refractivity contribution in [1.82, 2.24) is 4.98 Å². The van der Waals surface area contributed by atoms with Crippen LogP contribution in [-0.4, -0.2) is 16.4 Å². The number of carbonyl (C=O) groups excluding carboxylic acids is 1. The molecule has 0 saturated carbocycles. The molecule has 0 aromatic carbocycles. The minimum atomic E-state index is 0.0210. The highest BCUT2D eigenvalue weighted by Crippen LogP contribution is 2.09. The third kappa shape index (κ3) is 1.13. The van der Waals surface area contributed by atoms with Crippen LogP contribution in [0, 0.1) is 6.92 Å². The predicted octanol–water partition coefficient (Wildman–Crippen LogP) is 0.908. The van der Waals surface area contributed by atoms with E-state index in [1.165, 1.54) is 12.3 Å². The monoisotopic (exact) mass is 137 g/mol. The molecule has 0 aliphatic heterocycles. The van der Waals surface area contributed by atoms with E-state index in [0.717, 1.165) is 0 Å². The first-order valence-corrected chi connectivity index (χ1v) is 2.85. The zero-order valence-corrected chi connectivity index (χ0v) is 5.53. The Morgan fingerprint density at radius 1 is 1.70 bits per heavy atom. The van der Waals surface area contributed by atoms with E-state index in [1.807, 2.05) is 0 Å². The molecule has 0 amide bonds. The van der Waals surface area contributed by atoms with E-state index in [0.29, 0.717) is 17.5 Å². The van der Waals surface area contributed by atoms with Crippen molar-refractivity contribution in [3.05, 3.63) is 23.5 Å². The average molecular weight is 137 g/mol. The van der Waals surface area contributed by atoms with Gasteiger partial charge in [0, 0.05) is 11.3 Å².